The Morgan fingerprint density at radius 3 is 1.75 bits per heavy atom. The lowest BCUT2D eigenvalue weighted by atomic mass is 9.99. The van der Waals surface area contributed by atoms with E-state index in [0.29, 0.717) is 0 Å². The van der Waals surface area contributed by atoms with Crippen molar-refractivity contribution in [2.24, 2.45) is 0 Å². The van der Waals surface area contributed by atoms with E-state index in [1.807, 2.05) is 0 Å². The largest absolute Gasteiger partial charge is 0.496 e. The van der Waals surface area contributed by atoms with Crippen molar-refractivity contribution >= 4 is 35.1 Å². The van der Waals surface area contributed by atoms with Crippen LogP contribution in [0.1, 0.15) is 33.4 Å². The van der Waals surface area contributed by atoms with Crippen LogP contribution in [-0.4, -0.2) is 14.2 Å². The highest BCUT2D eigenvalue weighted by molar-refractivity contribution is 5.95. The van der Waals surface area contributed by atoms with Crippen molar-refractivity contribution < 1.29 is 9.47 Å². The highest BCUT2D eigenvalue weighted by Gasteiger charge is 2.03. The molecule has 0 amide bonds. The molecule has 0 spiro atoms. The van der Waals surface area contributed by atoms with Gasteiger partial charge in [-0.2, -0.15) is 0 Å². The van der Waals surface area contributed by atoms with Crippen molar-refractivity contribution in [2.45, 2.75) is 13.8 Å². The standard InChI is InChI=1S/C30H28O2/c1-21-9-11-23(19-29(21)31-3)13-14-25-17-26-7-5-6-8-28(26)27(18-25)16-15-24-12-10-22(2)30(20-24)32-4/h5-20H,1-4H3/b14-13-,16-15-. The number of aryl methyl sites for hydroxylation is 2. The topological polar surface area (TPSA) is 18.5 Å². The van der Waals surface area contributed by atoms with E-state index in [1.54, 1.807) is 14.2 Å². The average molecular weight is 421 g/mol. The van der Waals surface area contributed by atoms with E-state index in [-0.39, 0.29) is 0 Å². The number of hydrogen-bond donors (Lipinski definition) is 0. The van der Waals surface area contributed by atoms with Gasteiger partial charge in [-0.25, -0.2) is 0 Å². The van der Waals surface area contributed by atoms with Crippen LogP contribution in [0.3, 0.4) is 0 Å². The molecule has 32 heavy (non-hydrogen) atoms. The van der Waals surface area contributed by atoms with Crippen LogP contribution in [0.15, 0.2) is 72.8 Å². The Kier molecular flexibility index (Phi) is 6.42. The molecule has 0 aliphatic rings. The maximum absolute atomic E-state index is 5.47. The summed E-state index contributed by atoms with van der Waals surface area (Å²) < 4.78 is 10.9. The van der Waals surface area contributed by atoms with Crippen LogP contribution in [-0.2, 0) is 0 Å². The van der Waals surface area contributed by atoms with Crippen LogP contribution in [0, 0.1) is 13.8 Å². The van der Waals surface area contributed by atoms with E-state index >= 15 is 0 Å². The molecule has 0 saturated heterocycles. The second-order valence-electron chi connectivity index (χ2n) is 7.96. The minimum absolute atomic E-state index is 0.905. The molecule has 0 radical (unpaired) electrons. The van der Waals surface area contributed by atoms with Gasteiger partial charge >= 0.3 is 0 Å². The Morgan fingerprint density at radius 2 is 1.12 bits per heavy atom. The Bertz CT molecular complexity index is 1310. The maximum Gasteiger partial charge on any atom is 0.122 e. The zero-order valence-corrected chi connectivity index (χ0v) is 19.1. The van der Waals surface area contributed by atoms with Gasteiger partial charge in [0.1, 0.15) is 11.5 Å². The summed E-state index contributed by atoms with van der Waals surface area (Å²) in [5.74, 6) is 1.81. The number of hydrogen-bond acceptors (Lipinski definition) is 2. The summed E-state index contributed by atoms with van der Waals surface area (Å²) in [5, 5.41) is 2.45. The predicted molar refractivity (Wildman–Crippen MR) is 137 cm³/mol. The third-order valence-electron chi connectivity index (χ3n) is 5.70. The van der Waals surface area contributed by atoms with Crippen LogP contribution in [0.2, 0.25) is 0 Å². The lowest BCUT2D eigenvalue weighted by molar-refractivity contribution is 0.411. The molecule has 0 fully saturated rings. The minimum Gasteiger partial charge on any atom is -0.496 e. The fraction of sp³-hybridized carbons (Fsp3) is 0.133. The maximum atomic E-state index is 5.47. The molecule has 0 aliphatic heterocycles. The number of fused-ring (bicyclic) bond motifs is 1. The Balaban J connectivity index is 1.70. The molecular weight excluding hydrogens is 392 g/mol. The highest BCUT2D eigenvalue weighted by Crippen LogP contribution is 2.26. The number of rotatable bonds is 6. The van der Waals surface area contributed by atoms with Gasteiger partial charge in [-0.15, -0.1) is 0 Å². The van der Waals surface area contributed by atoms with Crippen LogP contribution in [0.25, 0.3) is 35.1 Å². The third-order valence-corrected chi connectivity index (χ3v) is 5.70. The summed E-state index contributed by atoms with van der Waals surface area (Å²) in [7, 11) is 3.42. The molecule has 4 rings (SSSR count). The van der Waals surface area contributed by atoms with Crippen molar-refractivity contribution in [3.8, 4) is 11.5 Å². The fourth-order valence-corrected chi connectivity index (χ4v) is 3.86. The molecule has 160 valence electrons. The molecule has 0 heterocycles. The van der Waals surface area contributed by atoms with E-state index in [0.717, 1.165) is 39.3 Å². The third kappa shape index (κ3) is 4.76. The summed E-state index contributed by atoms with van der Waals surface area (Å²) in [5.41, 5.74) is 6.84. The van der Waals surface area contributed by atoms with E-state index in [9.17, 15) is 0 Å². The van der Waals surface area contributed by atoms with Crippen LogP contribution >= 0.6 is 0 Å². The van der Waals surface area contributed by atoms with Crippen molar-refractivity contribution in [3.05, 3.63) is 106 Å². The van der Waals surface area contributed by atoms with E-state index < -0.39 is 0 Å². The van der Waals surface area contributed by atoms with Crippen molar-refractivity contribution in [1.82, 2.24) is 0 Å². The molecule has 0 aliphatic carbocycles. The second-order valence-corrected chi connectivity index (χ2v) is 7.96. The number of benzene rings is 4. The molecule has 0 N–H and O–H groups in total. The highest BCUT2D eigenvalue weighted by atomic mass is 16.5. The first-order valence-corrected chi connectivity index (χ1v) is 10.8. The fourth-order valence-electron chi connectivity index (χ4n) is 3.86. The summed E-state index contributed by atoms with van der Waals surface area (Å²) in [6.45, 7) is 4.11. The van der Waals surface area contributed by atoms with Gasteiger partial charge in [0.25, 0.3) is 0 Å². The minimum atomic E-state index is 0.905. The SMILES string of the molecule is COc1cc(/C=C\c2cc(/C=C\c3ccc(C)c(OC)c3)c3ccccc3c2)ccc1C. The lowest BCUT2D eigenvalue weighted by Crippen LogP contribution is -1.87. The molecule has 0 saturated carbocycles. The Labute approximate surface area is 190 Å². The van der Waals surface area contributed by atoms with E-state index in [1.165, 1.54) is 16.3 Å². The molecule has 0 unspecified atom stereocenters. The van der Waals surface area contributed by atoms with Gasteiger partial charge in [0.15, 0.2) is 0 Å². The van der Waals surface area contributed by atoms with E-state index in [2.05, 4.69) is 111 Å². The molecule has 2 nitrogen and oxygen atoms in total. The predicted octanol–water partition coefficient (Wildman–Crippen LogP) is 7.81. The second kappa shape index (κ2) is 9.57. The van der Waals surface area contributed by atoms with Gasteiger partial charge in [-0.1, -0.05) is 72.8 Å². The molecule has 0 aromatic heterocycles. The first-order valence-electron chi connectivity index (χ1n) is 10.8. The number of methoxy groups -OCH3 is 2. The van der Waals surface area contributed by atoms with Gasteiger partial charge in [0.2, 0.25) is 0 Å². The molecule has 4 aromatic rings. The summed E-state index contributed by atoms with van der Waals surface area (Å²) in [4.78, 5) is 0. The van der Waals surface area contributed by atoms with Gasteiger partial charge in [-0.3, -0.25) is 0 Å². The molecular formula is C30H28O2. The summed E-state index contributed by atoms with van der Waals surface area (Å²) in [6, 6.07) is 25.5. The Hall–Kier alpha value is -3.78. The van der Waals surface area contributed by atoms with Gasteiger partial charge in [-0.05, 0) is 82.3 Å². The van der Waals surface area contributed by atoms with Gasteiger partial charge in [0, 0.05) is 0 Å². The van der Waals surface area contributed by atoms with Crippen LogP contribution in [0.4, 0.5) is 0 Å². The molecule has 4 aromatic carbocycles. The van der Waals surface area contributed by atoms with Crippen molar-refractivity contribution in [1.29, 1.82) is 0 Å². The van der Waals surface area contributed by atoms with Gasteiger partial charge in [0.05, 0.1) is 14.2 Å². The Morgan fingerprint density at radius 1 is 0.562 bits per heavy atom. The summed E-state index contributed by atoms with van der Waals surface area (Å²) in [6.07, 6.45) is 8.61. The summed E-state index contributed by atoms with van der Waals surface area (Å²) >= 11 is 0. The molecule has 0 bridgehead atoms. The first-order chi connectivity index (χ1) is 15.6. The van der Waals surface area contributed by atoms with Crippen LogP contribution in [0.5, 0.6) is 11.5 Å². The zero-order chi connectivity index (χ0) is 22.5. The van der Waals surface area contributed by atoms with Crippen molar-refractivity contribution in [3.63, 3.8) is 0 Å². The average Bonchev–Trinajstić information content (AvgIpc) is 2.82. The monoisotopic (exact) mass is 420 g/mol. The van der Waals surface area contributed by atoms with Crippen LogP contribution < -0.4 is 9.47 Å². The normalized spacial score (nSPS) is 11.5. The molecule has 0 atom stereocenters. The van der Waals surface area contributed by atoms with Crippen molar-refractivity contribution in [2.75, 3.05) is 14.2 Å². The van der Waals surface area contributed by atoms with E-state index in [4.69, 9.17) is 9.47 Å². The molecule has 2 heteroatoms. The zero-order valence-electron chi connectivity index (χ0n) is 19.1. The smallest absolute Gasteiger partial charge is 0.122 e. The van der Waals surface area contributed by atoms with Gasteiger partial charge < -0.3 is 9.47 Å². The quantitative estimate of drug-likeness (QED) is 0.296. The lowest BCUT2D eigenvalue weighted by Gasteiger charge is -2.07. The first kappa shape index (κ1) is 21.5. The number of ether oxygens (including phenoxy) is 2.